The van der Waals surface area contributed by atoms with Crippen molar-refractivity contribution >= 4 is 39.1 Å². The summed E-state index contributed by atoms with van der Waals surface area (Å²) in [4.78, 5) is 15.3. The average molecular weight is 312 g/mol. The van der Waals surface area contributed by atoms with Gasteiger partial charge < -0.3 is 5.32 Å². The van der Waals surface area contributed by atoms with Crippen LogP contribution in [-0.2, 0) is 10.0 Å². The second kappa shape index (κ2) is 6.33. The van der Waals surface area contributed by atoms with Crippen LogP contribution in [0.25, 0.3) is 0 Å². The molecule has 1 aromatic rings. The first-order valence-electron chi connectivity index (χ1n) is 4.83. The Balaban J connectivity index is 2.48. The maximum absolute atomic E-state index is 11.6. The van der Waals surface area contributed by atoms with Crippen LogP contribution >= 0.6 is 23.2 Å². The summed E-state index contributed by atoms with van der Waals surface area (Å²) in [5.41, 5.74) is 0.253. The van der Waals surface area contributed by atoms with Gasteiger partial charge in [0.1, 0.15) is 5.15 Å². The summed E-state index contributed by atoms with van der Waals surface area (Å²) in [6, 6.07) is 1.39. The SMILES string of the molecule is CS(=O)(=O)NCCNC(=O)c1cnc(Cl)c(Cl)c1. The monoisotopic (exact) mass is 311 g/mol. The van der Waals surface area contributed by atoms with Crippen LogP contribution in [0.2, 0.25) is 10.2 Å². The van der Waals surface area contributed by atoms with Crippen LogP contribution < -0.4 is 10.0 Å². The number of nitrogens with zero attached hydrogens (tertiary/aromatic N) is 1. The lowest BCUT2D eigenvalue weighted by Crippen LogP contribution is -2.34. The van der Waals surface area contributed by atoms with Gasteiger partial charge in [0.15, 0.2) is 0 Å². The van der Waals surface area contributed by atoms with E-state index in [0.717, 1.165) is 6.26 Å². The summed E-state index contributed by atoms with van der Waals surface area (Å²) in [7, 11) is -3.25. The Morgan fingerprint density at radius 3 is 2.61 bits per heavy atom. The van der Waals surface area contributed by atoms with Crippen molar-refractivity contribution in [3.8, 4) is 0 Å². The molecule has 18 heavy (non-hydrogen) atoms. The van der Waals surface area contributed by atoms with Crippen molar-refractivity contribution in [2.24, 2.45) is 0 Å². The molecule has 0 aliphatic rings. The number of sulfonamides is 1. The Morgan fingerprint density at radius 1 is 1.39 bits per heavy atom. The van der Waals surface area contributed by atoms with E-state index in [9.17, 15) is 13.2 Å². The van der Waals surface area contributed by atoms with E-state index in [0.29, 0.717) is 0 Å². The second-order valence-corrected chi connectivity index (χ2v) is 6.02. The van der Waals surface area contributed by atoms with Gasteiger partial charge in [-0.05, 0) is 6.07 Å². The molecular weight excluding hydrogens is 301 g/mol. The van der Waals surface area contributed by atoms with Crippen molar-refractivity contribution in [1.29, 1.82) is 0 Å². The molecule has 9 heteroatoms. The van der Waals surface area contributed by atoms with Crippen molar-refractivity contribution in [3.63, 3.8) is 0 Å². The van der Waals surface area contributed by atoms with Crippen molar-refractivity contribution in [3.05, 3.63) is 28.0 Å². The largest absolute Gasteiger partial charge is 0.351 e. The number of aromatic nitrogens is 1. The summed E-state index contributed by atoms with van der Waals surface area (Å²) in [6.07, 6.45) is 2.32. The van der Waals surface area contributed by atoms with E-state index >= 15 is 0 Å². The van der Waals surface area contributed by atoms with Crippen LogP contribution in [0.5, 0.6) is 0 Å². The van der Waals surface area contributed by atoms with Crippen LogP contribution in [-0.4, -0.2) is 38.7 Å². The predicted molar refractivity (Wildman–Crippen MR) is 69.4 cm³/mol. The number of rotatable bonds is 5. The van der Waals surface area contributed by atoms with Crippen LogP contribution in [0.3, 0.4) is 0 Å². The molecule has 100 valence electrons. The predicted octanol–water partition coefficient (Wildman–Crippen LogP) is 0.667. The fourth-order valence-electron chi connectivity index (χ4n) is 1.06. The van der Waals surface area contributed by atoms with Gasteiger partial charge in [0.05, 0.1) is 16.8 Å². The molecular formula is C9H11Cl2N3O3S. The van der Waals surface area contributed by atoms with Gasteiger partial charge in [-0.15, -0.1) is 0 Å². The smallest absolute Gasteiger partial charge is 0.252 e. The van der Waals surface area contributed by atoms with Gasteiger partial charge in [-0.2, -0.15) is 0 Å². The highest BCUT2D eigenvalue weighted by atomic mass is 35.5. The summed E-state index contributed by atoms with van der Waals surface area (Å²) in [5.74, 6) is -0.406. The minimum atomic E-state index is -3.25. The first-order valence-corrected chi connectivity index (χ1v) is 7.48. The molecule has 6 nitrogen and oxygen atoms in total. The first-order chi connectivity index (χ1) is 8.29. The number of carbonyl (C=O) groups is 1. The Bertz CT molecular complexity index is 548. The highest BCUT2D eigenvalue weighted by molar-refractivity contribution is 7.88. The van der Waals surface area contributed by atoms with Crippen molar-refractivity contribution < 1.29 is 13.2 Å². The van der Waals surface area contributed by atoms with E-state index in [1.54, 1.807) is 0 Å². The molecule has 0 saturated carbocycles. The van der Waals surface area contributed by atoms with E-state index in [2.05, 4.69) is 15.0 Å². The molecule has 0 radical (unpaired) electrons. The molecule has 0 atom stereocenters. The molecule has 1 amide bonds. The molecule has 1 heterocycles. The molecule has 1 rings (SSSR count). The molecule has 0 bridgehead atoms. The van der Waals surface area contributed by atoms with Gasteiger partial charge in [0, 0.05) is 19.3 Å². The normalized spacial score (nSPS) is 11.3. The fraction of sp³-hybridized carbons (Fsp3) is 0.333. The van der Waals surface area contributed by atoms with Crippen LogP contribution in [0.1, 0.15) is 10.4 Å². The Kier molecular flexibility index (Phi) is 5.33. The maximum Gasteiger partial charge on any atom is 0.252 e. The van der Waals surface area contributed by atoms with Crippen LogP contribution in [0.4, 0.5) is 0 Å². The highest BCUT2D eigenvalue weighted by Crippen LogP contribution is 2.19. The Labute approximate surface area is 115 Å². The zero-order chi connectivity index (χ0) is 13.8. The van der Waals surface area contributed by atoms with Crippen LogP contribution in [0, 0.1) is 0 Å². The van der Waals surface area contributed by atoms with Crippen molar-refractivity contribution in [1.82, 2.24) is 15.0 Å². The molecule has 1 aromatic heterocycles. The maximum atomic E-state index is 11.6. The number of pyridine rings is 1. The van der Waals surface area contributed by atoms with Crippen LogP contribution in [0.15, 0.2) is 12.3 Å². The molecule has 0 spiro atoms. The van der Waals surface area contributed by atoms with Crippen molar-refractivity contribution in [2.45, 2.75) is 0 Å². The van der Waals surface area contributed by atoms with E-state index < -0.39 is 15.9 Å². The average Bonchev–Trinajstić information content (AvgIpc) is 2.26. The second-order valence-electron chi connectivity index (χ2n) is 3.42. The Morgan fingerprint density at radius 2 is 2.06 bits per heavy atom. The summed E-state index contributed by atoms with van der Waals surface area (Å²) < 4.78 is 23.8. The molecule has 0 saturated heterocycles. The Hall–Kier alpha value is -0.890. The summed E-state index contributed by atoms with van der Waals surface area (Å²) >= 11 is 11.3. The quantitative estimate of drug-likeness (QED) is 0.618. The first kappa shape index (κ1) is 15.2. The van der Waals surface area contributed by atoms with Gasteiger partial charge in [0.25, 0.3) is 5.91 Å². The zero-order valence-electron chi connectivity index (χ0n) is 9.41. The molecule has 2 N–H and O–H groups in total. The van der Waals surface area contributed by atoms with Crippen molar-refractivity contribution in [2.75, 3.05) is 19.3 Å². The minimum Gasteiger partial charge on any atom is -0.351 e. The molecule has 0 aliphatic carbocycles. The summed E-state index contributed by atoms with van der Waals surface area (Å²) in [5, 5.41) is 2.81. The third-order valence-corrected chi connectivity index (χ3v) is 3.25. The molecule has 0 aliphatic heterocycles. The van der Waals surface area contributed by atoms with E-state index in [1.807, 2.05) is 0 Å². The number of amides is 1. The molecule has 0 fully saturated rings. The number of nitrogens with one attached hydrogen (secondary N) is 2. The zero-order valence-corrected chi connectivity index (χ0v) is 11.7. The third kappa shape index (κ3) is 5.18. The highest BCUT2D eigenvalue weighted by Gasteiger charge is 2.08. The summed E-state index contributed by atoms with van der Waals surface area (Å²) in [6.45, 7) is 0.269. The fourth-order valence-corrected chi connectivity index (χ4v) is 1.80. The molecule has 0 unspecified atom stereocenters. The van der Waals surface area contributed by atoms with Gasteiger partial charge in [-0.3, -0.25) is 4.79 Å². The van der Waals surface area contributed by atoms with Gasteiger partial charge in [-0.1, -0.05) is 23.2 Å². The number of hydrogen-bond acceptors (Lipinski definition) is 4. The number of hydrogen-bond donors (Lipinski definition) is 2. The lowest BCUT2D eigenvalue weighted by molar-refractivity contribution is 0.0954. The standard InChI is InChI=1S/C9H11Cl2N3O3S/c1-18(16,17)14-3-2-12-9(15)6-4-7(10)8(11)13-5-6/h4-5,14H,2-3H2,1H3,(H,12,15). The van der Waals surface area contributed by atoms with Gasteiger partial charge in [-0.25, -0.2) is 18.1 Å². The number of carbonyl (C=O) groups excluding carboxylic acids is 1. The lowest BCUT2D eigenvalue weighted by Gasteiger charge is -2.06. The lowest BCUT2D eigenvalue weighted by atomic mass is 10.3. The van der Waals surface area contributed by atoms with E-state index in [4.69, 9.17) is 23.2 Å². The van der Waals surface area contributed by atoms with E-state index in [1.165, 1.54) is 12.3 Å². The number of halogens is 2. The van der Waals surface area contributed by atoms with Gasteiger partial charge in [0.2, 0.25) is 10.0 Å². The third-order valence-electron chi connectivity index (χ3n) is 1.83. The van der Waals surface area contributed by atoms with E-state index in [-0.39, 0.29) is 28.8 Å². The minimum absolute atomic E-state index is 0.110. The molecule has 0 aromatic carbocycles. The van der Waals surface area contributed by atoms with Gasteiger partial charge >= 0.3 is 0 Å². The topological polar surface area (TPSA) is 88.2 Å².